The van der Waals surface area contributed by atoms with Crippen molar-refractivity contribution in [3.05, 3.63) is 29.6 Å². The first-order valence-corrected chi connectivity index (χ1v) is 4.27. The van der Waals surface area contributed by atoms with Crippen LogP contribution in [0.4, 0.5) is 4.79 Å². The van der Waals surface area contributed by atoms with Gasteiger partial charge in [0.25, 0.3) is 5.91 Å². The topological polar surface area (TPSA) is 91.3 Å². The molecule has 0 aliphatic carbocycles. The molecule has 3 N–H and O–H groups in total. The quantitative estimate of drug-likeness (QED) is 0.663. The van der Waals surface area contributed by atoms with E-state index in [0.717, 1.165) is 0 Å². The summed E-state index contributed by atoms with van der Waals surface area (Å²) < 4.78 is 0. The molecule has 6 nitrogen and oxygen atoms in total. The highest BCUT2D eigenvalue weighted by Gasteiger charge is 2.04. The predicted octanol–water partition coefficient (Wildman–Crippen LogP) is 0.209. The normalized spacial score (nSPS) is 9.40. The summed E-state index contributed by atoms with van der Waals surface area (Å²) in [6, 6.07) is 3.19. The molecule has 0 fully saturated rings. The average molecular weight is 209 g/mol. The molecule has 0 aromatic carbocycles. The highest BCUT2D eigenvalue weighted by atomic mass is 16.4. The van der Waals surface area contributed by atoms with Crippen molar-refractivity contribution >= 4 is 12.0 Å². The largest absolute Gasteiger partial charge is 0.465 e. The number of amides is 2. The van der Waals surface area contributed by atoms with Crippen LogP contribution in [0.3, 0.4) is 0 Å². The fourth-order valence-electron chi connectivity index (χ4n) is 0.969. The van der Waals surface area contributed by atoms with Crippen LogP contribution in [0.25, 0.3) is 0 Å². The van der Waals surface area contributed by atoms with Crippen LogP contribution in [0.5, 0.6) is 0 Å². The molecular weight excluding hydrogens is 198 g/mol. The van der Waals surface area contributed by atoms with Crippen LogP contribution in [-0.4, -0.2) is 29.1 Å². The van der Waals surface area contributed by atoms with E-state index in [1.807, 2.05) is 0 Å². The van der Waals surface area contributed by atoms with Crippen LogP contribution in [-0.2, 0) is 6.54 Å². The molecule has 2 amide bonds. The molecule has 0 unspecified atom stereocenters. The molecular formula is C9H11N3O3. The molecule has 1 aromatic rings. The number of carboxylic acid groups (broad SMARTS) is 1. The van der Waals surface area contributed by atoms with Crippen LogP contribution < -0.4 is 10.6 Å². The SMILES string of the molecule is CNC(=O)c1ccc(CNC(=O)O)cn1. The van der Waals surface area contributed by atoms with Gasteiger partial charge in [-0.15, -0.1) is 0 Å². The number of nitrogens with zero attached hydrogens (tertiary/aromatic N) is 1. The van der Waals surface area contributed by atoms with E-state index in [4.69, 9.17) is 5.11 Å². The highest BCUT2D eigenvalue weighted by Crippen LogP contribution is 1.99. The van der Waals surface area contributed by atoms with Gasteiger partial charge in [-0.1, -0.05) is 6.07 Å². The minimum absolute atomic E-state index is 0.177. The summed E-state index contributed by atoms with van der Waals surface area (Å²) in [5.74, 6) is -0.271. The van der Waals surface area contributed by atoms with E-state index >= 15 is 0 Å². The second-order valence-corrected chi connectivity index (χ2v) is 2.79. The van der Waals surface area contributed by atoms with Crippen molar-refractivity contribution < 1.29 is 14.7 Å². The number of aromatic nitrogens is 1. The second-order valence-electron chi connectivity index (χ2n) is 2.79. The summed E-state index contributed by atoms with van der Waals surface area (Å²) in [5.41, 5.74) is 1.00. The van der Waals surface area contributed by atoms with Crippen molar-refractivity contribution in [1.82, 2.24) is 15.6 Å². The molecule has 0 saturated carbocycles. The van der Waals surface area contributed by atoms with E-state index in [1.54, 1.807) is 6.07 Å². The zero-order chi connectivity index (χ0) is 11.3. The summed E-state index contributed by atoms with van der Waals surface area (Å²) in [6.07, 6.45) is 0.367. The molecule has 0 saturated heterocycles. The monoisotopic (exact) mass is 209 g/mol. The van der Waals surface area contributed by atoms with Crippen molar-refractivity contribution in [2.75, 3.05) is 7.05 Å². The van der Waals surface area contributed by atoms with Gasteiger partial charge in [-0.25, -0.2) is 4.79 Å². The standard InChI is InChI=1S/C9H11N3O3/c1-10-8(13)7-3-2-6(4-11-7)5-12-9(14)15/h2-4,12H,5H2,1H3,(H,10,13)(H,14,15). The Morgan fingerprint density at radius 3 is 2.67 bits per heavy atom. The maximum Gasteiger partial charge on any atom is 0.404 e. The predicted molar refractivity (Wildman–Crippen MR) is 52.5 cm³/mol. The molecule has 0 atom stereocenters. The molecule has 1 aromatic heterocycles. The van der Waals surface area contributed by atoms with Gasteiger partial charge in [0.2, 0.25) is 0 Å². The lowest BCUT2D eigenvalue weighted by atomic mass is 10.2. The number of carbonyl (C=O) groups is 2. The van der Waals surface area contributed by atoms with Gasteiger partial charge in [0.05, 0.1) is 0 Å². The Kier molecular flexibility index (Phi) is 3.61. The summed E-state index contributed by atoms with van der Waals surface area (Å²) in [4.78, 5) is 25.2. The zero-order valence-corrected chi connectivity index (χ0v) is 8.15. The molecule has 0 aliphatic heterocycles. The van der Waals surface area contributed by atoms with Crippen molar-refractivity contribution in [3.8, 4) is 0 Å². The van der Waals surface area contributed by atoms with Crippen molar-refractivity contribution in [2.24, 2.45) is 0 Å². The number of hydrogen-bond donors (Lipinski definition) is 3. The number of rotatable bonds is 3. The first-order chi connectivity index (χ1) is 7.13. The van der Waals surface area contributed by atoms with Gasteiger partial charge in [-0.05, 0) is 11.6 Å². The molecule has 0 bridgehead atoms. The van der Waals surface area contributed by atoms with Crippen LogP contribution in [0.2, 0.25) is 0 Å². The minimum Gasteiger partial charge on any atom is -0.465 e. The average Bonchev–Trinajstić information content (AvgIpc) is 2.26. The van der Waals surface area contributed by atoms with Crippen molar-refractivity contribution in [1.29, 1.82) is 0 Å². The minimum atomic E-state index is -1.09. The van der Waals surface area contributed by atoms with Crippen LogP contribution in [0.1, 0.15) is 16.1 Å². The molecule has 6 heteroatoms. The van der Waals surface area contributed by atoms with Gasteiger partial charge in [-0.3, -0.25) is 9.78 Å². The fraction of sp³-hybridized carbons (Fsp3) is 0.222. The Morgan fingerprint density at radius 2 is 2.20 bits per heavy atom. The van der Waals surface area contributed by atoms with E-state index in [-0.39, 0.29) is 12.5 Å². The number of hydrogen-bond acceptors (Lipinski definition) is 3. The van der Waals surface area contributed by atoms with Crippen LogP contribution in [0, 0.1) is 0 Å². The molecule has 1 heterocycles. The third kappa shape index (κ3) is 3.26. The van der Waals surface area contributed by atoms with Gasteiger partial charge in [0.15, 0.2) is 0 Å². The number of pyridine rings is 1. The smallest absolute Gasteiger partial charge is 0.404 e. The third-order valence-electron chi connectivity index (χ3n) is 1.73. The first kappa shape index (κ1) is 11.0. The maximum absolute atomic E-state index is 11.1. The summed E-state index contributed by atoms with van der Waals surface area (Å²) in [5, 5.41) is 13.0. The summed E-state index contributed by atoms with van der Waals surface area (Å²) >= 11 is 0. The molecule has 1 rings (SSSR count). The van der Waals surface area contributed by atoms with Crippen LogP contribution in [0.15, 0.2) is 18.3 Å². The third-order valence-corrected chi connectivity index (χ3v) is 1.73. The number of nitrogens with one attached hydrogen (secondary N) is 2. The first-order valence-electron chi connectivity index (χ1n) is 4.27. The lowest BCUT2D eigenvalue weighted by molar-refractivity contribution is 0.0958. The van der Waals surface area contributed by atoms with E-state index in [9.17, 15) is 9.59 Å². The zero-order valence-electron chi connectivity index (χ0n) is 8.15. The lowest BCUT2D eigenvalue weighted by Crippen LogP contribution is -2.21. The van der Waals surface area contributed by atoms with Gasteiger partial charge in [0.1, 0.15) is 5.69 Å². The Labute approximate surface area is 86.3 Å². The Hall–Kier alpha value is -2.11. The van der Waals surface area contributed by atoms with E-state index in [2.05, 4.69) is 15.6 Å². The number of carbonyl (C=O) groups excluding carboxylic acids is 1. The van der Waals surface area contributed by atoms with Gasteiger partial charge >= 0.3 is 6.09 Å². The molecule has 0 radical (unpaired) electrons. The van der Waals surface area contributed by atoms with Crippen molar-refractivity contribution in [2.45, 2.75) is 6.54 Å². The molecule has 15 heavy (non-hydrogen) atoms. The Bertz CT molecular complexity index is 361. The Morgan fingerprint density at radius 1 is 1.47 bits per heavy atom. The van der Waals surface area contributed by atoms with Crippen LogP contribution >= 0.6 is 0 Å². The van der Waals surface area contributed by atoms with Crippen molar-refractivity contribution in [3.63, 3.8) is 0 Å². The Balaban J connectivity index is 2.64. The molecule has 80 valence electrons. The van der Waals surface area contributed by atoms with Gasteiger partial charge in [0, 0.05) is 19.8 Å². The molecule has 0 spiro atoms. The lowest BCUT2D eigenvalue weighted by Gasteiger charge is -2.02. The van der Waals surface area contributed by atoms with E-state index in [1.165, 1.54) is 19.3 Å². The maximum atomic E-state index is 11.1. The molecule has 0 aliphatic rings. The van der Waals surface area contributed by atoms with Gasteiger partial charge in [-0.2, -0.15) is 0 Å². The summed E-state index contributed by atoms with van der Waals surface area (Å²) in [7, 11) is 1.52. The summed E-state index contributed by atoms with van der Waals surface area (Å²) in [6.45, 7) is 0.177. The second kappa shape index (κ2) is 4.94. The van der Waals surface area contributed by atoms with E-state index in [0.29, 0.717) is 11.3 Å². The van der Waals surface area contributed by atoms with Gasteiger partial charge < -0.3 is 15.7 Å². The highest BCUT2D eigenvalue weighted by molar-refractivity contribution is 5.91. The van der Waals surface area contributed by atoms with E-state index < -0.39 is 6.09 Å². The fourth-order valence-corrected chi connectivity index (χ4v) is 0.969.